The van der Waals surface area contributed by atoms with Crippen molar-refractivity contribution < 1.29 is 18.1 Å². The fourth-order valence-electron chi connectivity index (χ4n) is 1.25. The summed E-state index contributed by atoms with van der Waals surface area (Å²) in [6, 6.07) is 3.42. The monoisotopic (exact) mass is 271 g/mol. The van der Waals surface area contributed by atoms with Crippen molar-refractivity contribution in [1.82, 2.24) is 0 Å². The third-order valence-electron chi connectivity index (χ3n) is 2.14. The molecule has 0 unspecified atom stereocenters. The molecule has 0 heterocycles. The van der Waals surface area contributed by atoms with Crippen LogP contribution in [0.2, 0.25) is 0 Å². The van der Waals surface area contributed by atoms with Crippen molar-refractivity contribution in [3.05, 3.63) is 40.3 Å². The maximum atomic E-state index is 11.6. The second-order valence-electron chi connectivity index (χ2n) is 3.45. The predicted molar refractivity (Wildman–Crippen MR) is 66.3 cm³/mol. The zero-order valence-electron chi connectivity index (χ0n) is 9.83. The lowest BCUT2D eigenvalue weighted by Gasteiger charge is -2.07. The number of nitro groups is 1. The number of nitrogens with zero attached hydrogens (tertiary/aromatic N) is 1. The van der Waals surface area contributed by atoms with Crippen molar-refractivity contribution in [2.45, 2.75) is 18.2 Å². The van der Waals surface area contributed by atoms with Gasteiger partial charge in [-0.3, -0.25) is 10.1 Å². The minimum Gasteiger partial charge on any atom is -0.487 e. The lowest BCUT2D eigenvalue weighted by Crippen LogP contribution is -2.02. The number of hydrogen-bond acceptors (Lipinski definition) is 5. The highest BCUT2D eigenvalue weighted by Crippen LogP contribution is 2.30. The molecule has 0 N–H and O–H groups in total. The Bertz CT molecular complexity index is 565. The molecule has 1 rings (SSSR count). The first-order valence-corrected chi connectivity index (χ1v) is 6.75. The van der Waals surface area contributed by atoms with Crippen LogP contribution in [0.1, 0.15) is 13.3 Å². The largest absolute Gasteiger partial charge is 0.487 e. The van der Waals surface area contributed by atoms with Crippen LogP contribution in [-0.4, -0.2) is 19.9 Å². The number of nitro benzene ring substituents is 1. The molecule has 7 heteroatoms. The van der Waals surface area contributed by atoms with E-state index in [1.807, 2.05) is 6.92 Å². The van der Waals surface area contributed by atoms with Gasteiger partial charge in [0.15, 0.2) is 15.6 Å². The second kappa shape index (κ2) is 5.63. The van der Waals surface area contributed by atoms with E-state index >= 15 is 0 Å². The molecule has 1 aromatic carbocycles. The fourth-order valence-corrected chi connectivity index (χ4v) is 1.97. The molecule has 0 saturated carbocycles. The molecule has 18 heavy (non-hydrogen) atoms. The van der Waals surface area contributed by atoms with Crippen LogP contribution in [0.25, 0.3) is 0 Å². The minimum absolute atomic E-state index is 0.0511. The molecule has 0 saturated heterocycles. The normalized spacial score (nSPS) is 10.9. The van der Waals surface area contributed by atoms with Crippen LogP contribution < -0.4 is 4.74 Å². The summed E-state index contributed by atoms with van der Waals surface area (Å²) < 4.78 is 28.3. The molecule has 0 aliphatic heterocycles. The molecular formula is C11H13NO5S. The van der Waals surface area contributed by atoms with E-state index in [2.05, 4.69) is 6.58 Å². The van der Waals surface area contributed by atoms with E-state index in [1.165, 1.54) is 0 Å². The Balaban J connectivity index is 3.29. The average Bonchev–Trinajstić information content (AvgIpc) is 2.35. The molecule has 6 nitrogen and oxygen atoms in total. The molecule has 0 atom stereocenters. The van der Waals surface area contributed by atoms with E-state index in [-0.39, 0.29) is 22.9 Å². The van der Waals surface area contributed by atoms with Gasteiger partial charge in [-0.05, 0) is 12.5 Å². The summed E-state index contributed by atoms with van der Waals surface area (Å²) >= 11 is 0. The Morgan fingerprint density at radius 1 is 1.50 bits per heavy atom. The van der Waals surface area contributed by atoms with E-state index in [4.69, 9.17) is 4.74 Å². The SMILES string of the molecule is C=CS(=O)(=O)c1ccc([N+](=O)[O-])c(OCCC)c1. The highest BCUT2D eigenvalue weighted by Gasteiger charge is 2.19. The minimum atomic E-state index is -3.63. The van der Waals surface area contributed by atoms with Crippen molar-refractivity contribution in [3.8, 4) is 5.75 Å². The fraction of sp³-hybridized carbons (Fsp3) is 0.273. The zero-order chi connectivity index (χ0) is 13.8. The summed E-state index contributed by atoms with van der Waals surface area (Å²) in [4.78, 5) is 10.1. The Morgan fingerprint density at radius 2 is 2.17 bits per heavy atom. The number of ether oxygens (including phenoxy) is 1. The first-order chi connectivity index (χ1) is 8.42. The van der Waals surface area contributed by atoms with Crippen molar-refractivity contribution in [3.63, 3.8) is 0 Å². The van der Waals surface area contributed by atoms with Gasteiger partial charge >= 0.3 is 5.69 Å². The van der Waals surface area contributed by atoms with Gasteiger partial charge in [-0.15, -0.1) is 0 Å². The molecule has 0 aliphatic rings. The molecule has 98 valence electrons. The standard InChI is InChI=1S/C11H13NO5S/c1-3-7-17-11-8-9(18(15,16)4-2)5-6-10(11)12(13)14/h4-6,8H,2-3,7H2,1H3. The number of hydrogen-bond donors (Lipinski definition) is 0. The van der Waals surface area contributed by atoms with Crippen LogP contribution >= 0.6 is 0 Å². The Kier molecular flexibility index (Phi) is 4.43. The van der Waals surface area contributed by atoms with Crippen LogP contribution in [0.15, 0.2) is 35.1 Å². The first kappa shape index (κ1) is 14.2. The van der Waals surface area contributed by atoms with Crippen LogP contribution in [0.4, 0.5) is 5.69 Å². The molecule has 0 bridgehead atoms. The van der Waals surface area contributed by atoms with Gasteiger partial charge < -0.3 is 4.74 Å². The van der Waals surface area contributed by atoms with E-state index in [1.54, 1.807) is 0 Å². The van der Waals surface area contributed by atoms with Gasteiger partial charge in [0.25, 0.3) is 0 Å². The zero-order valence-corrected chi connectivity index (χ0v) is 10.6. The maximum Gasteiger partial charge on any atom is 0.311 e. The van der Waals surface area contributed by atoms with Gasteiger partial charge in [0.2, 0.25) is 0 Å². The smallest absolute Gasteiger partial charge is 0.311 e. The molecular weight excluding hydrogens is 258 g/mol. The van der Waals surface area contributed by atoms with Gasteiger partial charge in [0.1, 0.15) is 0 Å². The van der Waals surface area contributed by atoms with E-state index in [9.17, 15) is 18.5 Å². The van der Waals surface area contributed by atoms with Gasteiger partial charge in [0, 0.05) is 17.5 Å². The Labute approximate surface area is 105 Å². The summed E-state index contributed by atoms with van der Waals surface area (Å²) in [6.07, 6.45) is 0.662. The summed E-state index contributed by atoms with van der Waals surface area (Å²) in [6.45, 7) is 5.32. The first-order valence-electron chi connectivity index (χ1n) is 5.21. The second-order valence-corrected chi connectivity index (χ2v) is 5.34. The van der Waals surface area contributed by atoms with Crippen molar-refractivity contribution in [2.24, 2.45) is 0 Å². The molecule has 0 spiro atoms. The number of sulfone groups is 1. The van der Waals surface area contributed by atoms with E-state index < -0.39 is 14.8 Å². The highest BCUT2D eigenvalue weighted by atomic mass is 32.2. The van der Waals surface area contributed by atoms with Crippen LogP contribution in [0.3, 0.4) is 0 Å². The van der Waals surface area contributed by atoms with Crippen molar-refractivity contribution >= 4 is 15.5 Å². The van der Waals surface area contributed by atoms with Gasteiger partial charge in [-0.1, -0.05) is 13.5 Å². The van der Waals surface area contributed by atoms with Crippen molar-refractivity contribution in [1.29, 1.82) is 0 Å². The quantitative estimate of drug-likeness (QED) is 0.585. The highest BCUT2D eigenvalue weighted by molar-refractivity contribution is 7.94. The lowest BCUT2D eigenvalue weighted by atomic mass is 10.3. The Hall–Kier alpha value is -1.89. The van der Waals surface area contributed by atoms with Gasteiger partial charge in [-0.2, -0.15) is 0 Å². The summed E-state index contributed by atoms with van der Waals surface area (Å²) in [5.74, 6) is -0.0511. The topological polar surface area (TPSA) is 86.5 Å². The molecule has 0 amide bonds. The summed E-state index contributed by atoms with van der Waals surface area (Å²) in [5.41, 5.74) is -0.258. The predicted octanol–water partition coefficient (Wildman–Crippen LogP) is 2.30. The molecule has 0 aliphatic carbocycles. The van der Waals surface area contributed by atoms with Crippen LogP contribution in [-0.2, 0) is 9.84 Å². The van der Waals surface area contributed by atoms with Crippen LogP contribution in [0.5, 0.6) is 5.75 Å². The average molecular weight is 271 g/mol. The summed E-state index contributed by atoms with van der Waals surface area (Å²) in [5, 5.41) is 11.6. The Morgan fingerprint density at radius 3 is 2.67 bits per heavy atom. The maximum absolute atomic E-state index is 11.6. The van der Waals surface area contributed by atoms with E-state index in [0.717, 1.165) is 23.6 Å². The summed E-state index contributed by atoms with van der Waals surface area (Å²) in [7, 11) is -3.63. The molecule has 1 aromatic rings. The van der Waals surface area contributed by atoms with Gasteiger partial charge in [-0.25, -0.2) is 8.42 Å². The third kappa shape index (κ3) is 3.07. The van der Waals surface area contributed by atoms with E-state index in [0.29, 0.717) is 6.42 Å². The molecule has 0 aromatic heterocycles. The molecule has 0 radical (unpaired) electrons. The third-order valence-corrected chi connectivity index (χ3v) is 3.49. The van der Waals surface area contributed by atoms with Crippen LogP contribution in [0, 0.1) is 10.1 Å². The lowest BCUT2D eigenvalue weighted by molar-refractivity contribution is -0.385. The van der Waals surface area contributed by atoms with Gasteiger partial charge in [0.05, 0.1) is 16.4 Å². The number of rotatable bonds is 6. The van der Waals surface area contributed by atoms with Crippen molar-refractivity contribution in [2.75, 3.05) is 6.61 Å². The molecule has 0 fully saturated rings. The number of benzene rings is 1.